The number of nitrogens with zero attached hydrogens (tertiary/aromatic N) is 2. The van der Waals surface area contributed by atoms with Crippen LogP contribution in [0.1, 0.15) is 11.1 Å². The molecule has 0 atom stereocenters. The highest BCUT2D eigenvalue weighted by atomic mass is 35.5. The van der Waals surface area contributed by atoms with Gasteiger partial charge in [0.05, 0.1) is 5.69 Å². The van der Waals surface area contributed by atoms with E-state index in [4.69, 9.17) is 11.6 Å². The van der Waals surface area contributed by atoms with Crippen LogP contribution in [0.3, 0.4) is 0 Å². The molecule has 2 aromatic carbocycles. The van der Waals surface area contributed by atoms with E-state index in [-0.39, 0.29) is 18.0 Å². The Labute approximate surface area is 156 Å². The lowest BCUT2D eigenvalue weighted by molar-refractivity contribution is -0.117. The Morgan fingerprint density at radius 1 is 1.04 bits per heavy atom. The number of amides is 1. The van der Waals surface area contributed by atoms with Crippen molar-refractivity contribution in [2.24, 2.45) is 0 Å². The smallest absolute Gasteiger partial charge is 0.267 e. The number of aromatic nitrogens is 2. The highest BCUT2D eigenvalue weighted by Gasteiger charge is 2.09. The van der Waals surface area contributed by atoms with Crippen LogP contribution in [0.2, 0.25) is 5.02 Å². The summed E-state index contributed by atoms with van der Waals surface area (Å²) in [6, 6.07) is 15.8. The number of benzene rings is 2. The molecule has 1 amide bonds. The average Bonchev–Trinajstić information content (AvgIpc) is 2.61. The van der Waals surface area contributed by atoms with Crippen molar-refractivity contribution in [1.29, 1.82) is 0 Å². The molecule has 3 aromatic rings. The molecule has 0 radical (unpaired) electrons. The molecular weight excluding hydrogens is 350 g/mol. The molecule has 0 spiro atoms. The molecule has 3 rings (SSSR count). The van der Waals surface area contributed by atoms with Crippen molar-refractivity contribution in [3.63, 3.8) is 0 Å². The maximum absolute atomic E-state index is 12.2. The highest BCUT2D eigenvalue weighted by Crippen LogP contribution is 2.19. The van der Waals surface area contributed by atoms with Gasteiger partial charge in [-0.1, -0.05) is 23.7 Å². The quantitative estimate of drug-likeness (QED) is 0.762. The van der Waals surface area contributed by atoms with Crippen molar-refractivity contribution in [2.45, 2.75) is 20.4 Å². The number of carbonyl (C=O) groups excluding carboxylic acids is 1. The minimum atomic E-state index is -0.334. The SMILES string of the molecule is Cc1ccc(-c2ccc(=O)n(CC(=O)Nc3ccc(Cl)cc3)n2)cc1C. The number of nitrogens with one attached hydrogen (secondary N) is 1. The Bertz CT molecular complexity index is 1010. The molecule has 1 aromatic heterocycles. The van der Waals surface area contributed by atoms with Crippen molar-refractivity contribution in [1.82, 2.24) is 9.78 Å². The second-order valence-corrected chi connectivity index (χ2v) is 6.51. The van der Waals surface area contributed by atoms with Crippen LogP contribution in [-0.2, 0) is 11.3 Å². The third-order valence-corrected chi connectivity index (χ3v) is 4.34. The van der Waals surface area contributed by atoms with Gasteiger partial charge in [-0.25, -0.2) is 4.68 Å². The number of halogens is 1. The maximum atomic E-state index is 12.2. The Balaban J connectivity index is 1.81. The predicted octanol–water partition coefficient (Wildman–Crippen LogP) is 3.82. The van der Waals surface area contributed by atoms with Crippen LogP contribution >= 0.6 is 11.6 Å². The van der Waals surface area contributed by atoms with E-state index >= 15 is 0 Å². The van der Waals surface area contributed by atoms with Gasteiger partial charge >= 0.3 is 0 Å². The lowest BCUT2D eigenvalue weighted by Crippen LogP contribution is -2.29. The van der Waals surface area contributed by atoms with Crippen LogP contribution in [0.5, 0.6) is 0 Å². The van der Waals surface area contributed by atoms with E-state index in [1.807, 2.05) is 32.0 Å². The summed E-state index contributed by atoms with van der Waals surface area (Å²) in [5.41, 5.74) is 4.15. The van der Waals surface area contributed by atoms with Crippen molar-refractivity contribution in [3.05, 3.63) is 81.1 Å². The summed E-state index contributed by atoms with van der Waals surface area (Å²) in [7, 11) is 0. The number of aryl methyl sites for hydroxylation is 2. The third kappa shape index (κ3) is 4.18. The van der Waals surface area contributed by atoms with Gasteiger partial charge in [0.25, 0.3) is 5.56 Å². The second-order valence-electron chi connectivity index (χ2n) is 6.07. The van der Waals surface area contributed by atoms with Crippen LogP contribution in [0.4, 0.5) is 5.69 Å². The molecule has 0 aliphatic rings. The van der Waals surface area contributed by atoms with Gasteiger partial charge in [0, 0.05) is 22.3 Å². The molecular formula is C20H18ClN3O2. The van der Waals surface area contributed by atoms with Gasteiger partial charge in [-0.3, -0.25) is 9.59 Å². The molecule has 5 nitrogen and oxygen atoms in total. The minimum Gasteiger partial charge on any atom is -0.324 e. The zero-order chi connectivity index (χ0) is 18.7. The van der Waals surface area contributed by atoms with Gasteiger partial charge in [0.2, 0.25) is 5.91 Å². The van der Waals surface area contributed by atoms with Crippen LogP contribution in [0.15, 0.2) is 59.4 Å². The van der Waals surface area contributed by atoms with Crippen molar-refractivity contribution >= 4 is 23.2 Å². The van der Waals surface area contributed by atoms with Crippen molar-refractivity contribution < 1.29 is 4.79 Å². The first-order valence-electron chi connectivity index (χ1n) is 8.13. The fourth-order valence-electron chi connectivity index (χ4n) is 2.49. The van der Waals surface area contributed by atoms with Crippen LogP contribution in [0, 0.1) is 13.8 Å². The third-order valence-electron chi connectivity index (χ3n) is 4.09. The maximum Gasteiger partial charge on any atom is 0.267 e. The molecule has 0 fully saturated rings. The summed E-state index contributed by atoms with van der Waals surface area (Å²) >= 11 is 5.83. The highest BCUT2D eigenvalue weighted by molar-refractivity contribution is 6.30. The van der Waals surface area contributed by atoms with Crippen molar-refractivity contribution in [3.8, 4) is 11.3 Å². The van der Waals surface area contributed by atoms with Gasteiger partial charge in [-0.15, -0.1) is 0 Å². The molecule has 0 aliphatic carbocycles. The van der Waals surface area contributed by atoms with Gasteiger partial charge in [-0.05, 0) is 61.4 Å². The molecule has 132 valence electrons. The number of hydrogen-bond donors (Lipinski definition) is 1. The zero-order valence-corrected chi connectivity index (χ0v) is 15.2. The second kappa shape index (κ2) is 7.54. The molecule has 26 heavy (non-hydrogen) atoms. The Morgan fingerprint density at radius 2 is 1.77 bits per heavy atom. The van der Waals surface area contributed by atoms with E-state index in [1.54, 1.807) is 30.3 Å². The van der Waals surface area contributed by atoms with Crippen LogP contribution in [-0.4, -0.2) is 15.7 Å². The predicted molar refractivity (Wildman–Crippen MR) is 103 cm³/mol. The van der Waals surface area contributed by atoms with E-state index in [0.29, 0.717) is 16.4 Å². The molecule has 1 N–H and O–H groups in total. The first kappa shape index (κ1) is 17.9. The van der Waals surface area contributed by atoms with Gasteiger partial charge in [-0.2, -0.15) is 5.10 Å². The minimum absolute atomic E-state index is 0.167. The molecule has 1 heterocycles. The Kier molecular flexibility index (Phi) is 5.19. The van der Waals surface area contributed by atoms with Crippen LogP contribution < -0.4 is 10.9 Å². The van der Waals surface area contributed by atoms with Gasteiger partial charge in [0.1, 0.15) is 6.54 Å². The lowest BCUT2D eigenvalue weighted by Gasteiger charge is -2.09. The number of anilines is 1. The largest absolute Gasteiger partial charge is 0.324 e. The van der Waals surface area contributed by atoms with E-state index in [2.05, 4.69) is 10.4 Å². The average molecular weight is 368 g/mol. The standard InChI is InChI=1S/C20H18ClN3O2/c1-13-3-4-15(11-14(13)2)18-9-10-20(26)24(23-18)12-19(25)22-17-7-5-16(21)6-8-17/h3-11H,12H2,1-2H3,(H,22,25). The molecule has 0 unspecified atom stereocenters. The topological polar surface area (TPSA) is 64.0 Å². The molecule has 0 saturated carbocycles. The summed E-state index contributed by atoms with van der Waals surface area (Å²) in [5, 5.41) is 7.64. The summed E-state index contributed by atoms with van der Waals surface area (Å²) < 4.78 is 1.16. The van der Waals surface area contributed by atoms with E-state index in [9.17, 15) is 9.59 Å². The summed E-state index contributed by atoms with van der Waals surface area (Å²) in [4.78, 5) is 24.3. The number of carbonyl (C=O) groups is 1. The zero-order valence-electron chi connectivity index (χ0n) is 14.5. The monoisotopic (exact) mass is 367 g/mol. The summed E-state index contributed by atoms with van der Waals surface area (Å²) in [6.45, 7) is 3.89. The normalized spacial score (nSPS) is 10.6. The van der Waals surface area contributed by atoms with E-state index in [0.717, 1.165) is 15.8 Å². The first-order valence-corrected chi connectivity index (χ1v) is 8.51. The van der Waals surface area contributed by atoms with E-state index in [1.165, 1.54) is 11.6 Å². The molecule has 6 heteroatoms. The van der Waals surface area contributed by atoms with Gasteiger partial charge < -0.3 is 5.32 Å². The first-order chi connectivity index (χ1) is 12.4. The Morgan fingerprint density at radius 3 is 2.46 bits per heavy atom. The summed E-state index contributed by atoms with van der Waals surface area (Å²) in [5.74, 6) is -0.334. The van der Waals surface area contributed by atoms with Crippen LogP contribution in [0.25, 0.3) is 11.3 Å². The number of hydrogen-bond acceptors (Lipinski definition) is 3. The number of rotatable bonds is 4. The lowest BCUT2D eigenvalue weighted by atomic mass is 10.0. The molecule has 0 saturated heterocycles. The fourth-order valence-corrected chi connectivity index (χ4v) is 2.61. The summed E-state index contributed by atoms with van der Waals surface area (Å²) in [6.07, 6.45) is 0. The fraction of sp³-hybridized carbons (Fsp3) is 0.150. The molecule has 0 aliphatic heterocycles. The van der Waals surface area contributed by atoms with Crippen molar-refractivity contribution in [2.75, 3.05) is 5.32 Å². The molecule has 0 bridgehead atoms. The van der Waals surface area contributed by atoms with Gasteiger partial charge in [0.15, 0.2) is 0 Å². The Hall–Kier alpha value is -2.92. The van der Waals surface area contributed by atoms with E-state index < -0.39 is 0 Å².